The number of nitrogens with one attached hydrogen (secondary N) is 1. The highest BCUT2D eigenvalue weighted by Gasteiger charge is 2.10. The third-order valence-electron chi connectivity index (χ3n) is 2.64. The Morgan fingerprint density at radius 2 is 2.16 bits per heavy atom. The maximum absolute atomic E-state index is 6.03. The van der Waals surface area contributed by atoms with Gasteiger partial charge in [0.25, 0.3) is 0 Å². The van der Waals surface area contributed by atoms with Gasteiger partial charge in [-0.15, -0.1) is 0 Å². The normalized spacial score (nSPS) is 11.1. The van der Waals surface area contributed by atoms with Gasteiger partial charge in [0, 0.05) is 16.5 Å². The van der Waals surface area contributed by atoms with E-state index in [2.05, 4.69) is 19.9 Å². The lowest BCUT2D eigenvalue weighted by Crippen LogP contribution is -1.98. The van der Waals surface area contributed by atoms with E-state index < -0.39 is 0 Å². The van der Waals surface area contributed by atoms with Crippen LogP contribution in [-0.2, 0) is 6.54 Å². The van der Waals surface area contributed by atoms with Gasteiger partial charge in [-0.2, -0.15) is 0 Å². The molecular weight excluding hydrogens is 282 g/mol. The van der Waals surface area contributed by atoms with Crippen molar-refractivity contribution in [2.45, 2.75) is 16.5 Å². The number of hydrogen-bond acceptors (Lipinski definition) is 5. The fourth-order valence-electron chi connectivity index (χ4n) is 1.72. The van der Waals surface area contributed by atoms with Crippen LogP contribution in [0.5, 0.6) is 0 Å². The molecule has 3 N–H and O–H groups in total. The highest BCUT2D eigenvalue weighted by molar-refractivity contribution is 7.99. The summed E-state index contributed by atoms with van der Waals surface area (Å²) in [7, 11) is 0. The molecule has 0 atom stereocenters. The molecule has 7 heteroatoms. The lowest BCUT2D eigenvalue weighted by molar-refractivity contribution is 1.02. The number of aromatic amines is 1. The molecule has 0 spiro atoms. The molecule has 5 nitrogen and oxygen atoms in total. The number of hydrogen-bond donors (Lipinski definition) is 2. The Morgan fingerprint density at radius 1 is 1.26 bits per heavy atom. The van der Waals surface area contributed by atoms with Gasteiger partial charge in [-0.25, -0.2) is 15.0 Å². The summed E-state index contributed by atoms with van der Waals surface area (Å²) >= 11 is 7.53. The molecule has 0 unspecified atom stereocenters. The van der Waals surface area contributed by atoms with Gasteiger partial charge < -0.3 is 10.7 Å². The third-order valence-corrected chi connectivity index (χ3v) is 3.98. The van der Waals surface area contributed by atoms with E-state index in [0.717, 1.165) is 21.0 Å². The van der Waals surface area contributed by atoms with Crippen LogP contribution >= 0.6 is 23.4 Å². The summed E-state index contributed by atoms with van der Waals surface area (Å²) in [5.74, 6) is 0. The Morgan fingerprint density at radius 3 is 3.00 bits per heavy atom. The van der Waals surface area contributed by atoms with Crippen molar-refractivity contribution in [2.24, 2.45) is 5.73 Å². The van der Waals surface area contributed by atoms with Gasteiger partial charge in [-0.1, -0.05) is 29.4 Å². The first-order valence-electron chi connectivity index (χ1n) is 5.58. The summed E-state index contributed by atoms with van der Waals surface area (Å²) in [6, 6.07) is 5.65. The second-order valence-electron chi connectivity index (χ2n) is 3.84. The van der Waals surface area contributed by atoms with Crippen molar-refractivity contribution >= 4 is 34.5 Å². The summed E-state index contributed by atoms with van der Waals surface area (Å²) in [6.07, 6.45) is 3.10. The summed E-state index contributed by atoms with van der Waals surface area (Å²) in [5, 5.41) is 1.48. The molecule has 0 radical (unpaired) electrons. The van der Waals surface area contributed by atoms with Gasteiger partial charge in [-0.3, -0.25) is 0 Å². The number of H-pyrrole nitrogens is 1. The van der Waals surface area contributed by atoms with Crippen molar-refractivity contribution in [1.29, 1.82) is 0 Å². The molecule has 0 saturated heterocycles. The van der Waals surface area contributed by atoms with Crippen molar-refractivity contribution in [3.8, 4) is 0 Å². The molecule has 19 heavy (non-hydrogen) atoms. The van der Waals surface area contributed by atoms with Crippen LogP contribution in [-0.4, -0.2) is 19.9 Å². The van der Waals surface area contributed by atoms with Gasteiger partial charge >= 0.3 is 0 Å². The molecule has 0 saturated carbocycles. The maximum Gasteiger partial charge on any atom is 0.181 e. The molecule has 3 rings (SSSR count). The van der Waals surface area contributed by atoms with Crippen LogP contribution in [0.2, 0.25) is 5.02 Å². The van der Waals surface area contributed by atoms with E-state index in [1.165, 1.54) is 18.1 Å². The molecule has 0 amide bonds. The van der Waals surface area contributed by atoms with Crippen LogP contribution in [0.4, 0.5) is 0 Å². The number of fused-ring (bicyclic) bond motifs is 1. The lowest BCUT2D eigenvalue weighted by Gasteiger charge is -2.07. The molecule has 1 aromatic carbocycles. The Kier molecular flexibility index (Phi) is 3.37. The fraction of sp³-hybridized carbons (Fsp3) is 0.0833. The van der Waals surface area contributed by atoms with Crippen LogP contribution in [0.1, 0.15) is 5.56 Å². The summed E-state index contributed by atoms with van der Waals surface area (Å²) in [6.45, 7) is 0.455. The van der Waals surface area contributed by atoms with Crippen molar-refractivity contribution < 1.29 is 0 Å². The Balaban J connectivity index is 2.05. The highest BCUT2D eigenvalue weighted by Crippen LogP contribution is 2.33. The largest absolute Gasteiger partial charge is 0.341 e. The molecule has 0 fully saturated rings. The zero-order valence-electron chi connectivity index (χ0n) is 9.80. The van der Waals surface area contributed by atoms with Gasteiger partial charge in [0.1, 0.15) is 16.9 Å². The third kappa shape index (κ3) is 2.42. The van der Waals surface area contributed by atoms with Gasteiger partial charge in [-0.05, 0) is 17.7 Å². The summed E-state index contributed by atoms with van der Waals surface area (Å²) in [4.78, 5) is 16.5. The fourth-order valence-corrected chi connectivity index (χ4v) is 2.98. The molecule has 0 bridgehead atoms. The molecule has 0 aliphatic carbocycles. The highest BCUT2D eigenvalue weighted by atomic mass is 35.5. The number of nitrogens with zero attached hydrogens (tertiary/aromatic N) is 3. The molecule has 0 aliphatic heterocycles. The van der Waals surface area contributed by atoms with E-state index in [0.29, 0.717) is 17.2 Å². The molecule has 2 aromatic heterocycles. The molecular formula is C12H10ClN5S. The Bertz CT molecular complexity index is 727. The number of benzene rings is 1. The van der Waals surface area contributed by atoms with Crippen LogP contribution in [0.3, 0.4) is 0 Å². The van der Waals surface area contributed by atoms with Crippen LogP contribution in [0.25, 0.3) is 11.2 Å². The topological polar surface area (TPSA) is 80.5 Å². The second-order valence-corrected chi connectivity index (χ2v) is 5.31. The number of rotatable bonds is 3. The van der Waals surface area contributed by atoms with Gasteiger partial charge in [0.05, 0.1) is 6.33 Å². The Hall–Kier alpha value is -1.63. The number of imidazole rings is 1. The molecule has 2 heterocycles. The molecule has 0 aliphatic rings. The minimum atomic E-state index is 0.455. The zero-order chi connectivity index (χ0) is 13.2. The maximum atomic E-state index is 6.03. The minimum absolute atomic E-state index is 0.455. The average Bonchev–Trinajstić information content (AvgIpc) is 2.88. The molecule has 3 aromatic rings. The summed E-state index contributed by atoms with van der Waals surface area (Å²) < 4.78 is 0. The standard InChI is InChI=1S/C12H10ClN5S/c13-8-2-1-7(4-14)9(3-8)19-12-10-11(16-5-15-10)17-6-18-12/h1-3,5-6H,4,14H2,(H,15,16,17,18). The van der Waals surface area contributed by atoms with Crippen LogP contribution in [0.15, 0.2) is 40.8 Å². The average molecular weight is 292 g/mol. The van der Waals surface area contributed by atoms with E-state index in [1.807, 2.05) is 18.2 Å². The quantitative estimate of drug-likeness (QED) is 0.725. The van der Waals surface area contributed by atoms with Gasteiger partial charge in [0.15, 0.2) is 5.65 Å². The number of halogens is 1. The van der Waals surface area contributed by atoms with E-state index >= 15 is 0 Å². The summed E-state index contributed by atoms with van der Waals surface area (Å²) in [5.41, 5.74) is 8.23. The van der Waals surface area contributed by atoms with Crippen molar-refractivity contribution in [2.75, 3.05) is 0 Å². The predicted octanol–water partition coefficient (Wildman–Crippen LogP) is 2.62. The van der Waals surface area contributed by atoms with E-state index in [4.69, 9.17) is 17.3 Å². The number of aromatic nitrogens is 4. The predicted molar refractivity (Wildman–Crippen MR) is 75.2 cm³/mol. The van der Waals surface area contributed by atoms with Crippen molar-refractivity contribution in [3.05, 3.63) is 41.4 Å². The SMILES string of the molecule is NCc1ccc(Cl)cc1Sc1ncnc2nc[nH]c12. The minimum Gasteiger partial charge on any atom is -0.341 e. The Labute approximate surface area is 118 Å². The van der Waals surface area contributed by atoms with E-state index in [-0.39, 0.29) is 0 Å². The zero-order valence-corrected chi connectivity index (χ0v) is 11.4. The smallest absolute Gasteiger partial charge is 0.181 e. The number of nitrogens with two attached hydrogens (primary N) is 1. The lowest BCUT2D eigenvalue weighted by atomic mass is 10.2. The first-order chi connectivity index (χ1) is 9.28. The van der Waals surface area contributed by atoms with E-state index in [9.17, 15) is 0 Å². The first kappa shape index (κ1) is 12.4. The van der Waals surface area contributed by atoms with Crippen molar-refractivity contribution in [3.63, 3.8) is 0 Å². The monoisotopic (exact) mass is 291 g/mol. The van der Waals surface area contributed by atoms with Gasteiger partial charge in [0.2, 0.25) is 0 Å². The van der Waals surface area contributed by atoms with Crippen LogP contribution < -0.4 is 5.73 Å². The molecule has 96 valence electrons. The first-order valence-corrected chi connectivity index (χ1v) is 6.78. The van der Waals surface area contributed by atoms with Crippen LogP contribution in [0, 0.1) is 0 Å². The second kappa shape index (κ2) is 5.16. The van der Waals surface area contributed by atoms with Crippen molar-refractivity contribution in [1.82, 2.24) is 19.9 Å². The van der Waals surface area contributed by atoms with E-state index in [1.54, 1.807) is 6.33 Å².